The first-order chi connectivity index (χ1) is 10.1. The largest absolute Gasteiger partial charge is 0.335 e. The van der Waals surface area contributed by atoms with E-state index in [0.717, 1.165) is 17.3 Å². The zero-order valence-corrected chi connectivity index (χ0v) is 14.0. The highest BCUT2D eigenvalue weighted by Gasteiger charge is 2.29. The number of benzene rings is 2. The van der Waals surface area contributed by atoms with Crippen molar-refractivity contribution in [3.05, 3.63) is 68.7 Å². The second-order valence-electron chi connectivity index (χ2n) is 5.29. The Morgan fingerprint density at radius 3 is 2.81 bits per heavy atom. The van der Waals surface area contributed by atoms with E-state index in [4.69, 9.17) is 11.6 Å². The molecule has 0 N–H and O–H groups in total. The van der Waals surface area contributed by atoms with Crippen molar-refractivity contribution in [2.45, 2.75) is 18.9 Å². The van der Waals surface area contributed by atoms with Gasteiger partial charge in [0, 0.05) is 16.5 Å². The lowest BCUT2D eigenvalue weighted by Crippen LogP contribution is -2.30. The maximum absolute atomic E-state index is 12.7. The number of carbonyl (C=O) groups excluding carboxylic acids is 1. The average Bonchev–Trinajstić information content (AvgIpc) is 2.90. The van der Waals surface area contributed by atoms with E-state index in [0.29, 0.717) is 10.6 Å². The smallest absolute Gasteiger partial charge is 0.255 e. The van der Waals surface area contributed by atoms with Gasteiger partial charge in [-0.05, 0) is 58.1 Å². The minimum absolute atomic E-state index is 0.0141. The average molecular weight is 365 g/mol. The molecule has 0 radical (unpaired) electrons. The molecule has 2 nitrogen and oxygen atoms in total. The van der Waals surface area contributed by atoms with E-state index in [9.17, 15) is 4.79 Å². The third-order valence-corrected chi connectivity index (χ3v) is 4.94. The van der Waals surface area contributed by atoms with Crippen molar-refractivity contribution < 1.29 is 4.79 Å². The molecular formula is C17H15BrClNO. The summed E-state index contributed by atoms with van der Waals surface area (Å²) in [5.74, 6) is 0.0141. The number of aryl methyl sites for hydroxylation is 1. The zero-order valence-electron chi connectivity index (χ0n) is 11.6. The Balaban J connectivity index is 1.89. The summed E-state index contributed by atoms with van der Waals surface area (Å²) in [6, 6.07) is 13.8. The maximum Gasteiger partial charge on any atom is 0.255 e. The van der Waals surface area contributed by atoms with Gasteiger partial charge in [0.1, 0.15) is 0 Å². The summed E-state index contributed by atoms with van der Waals surface area (Å²) in [5, 5.41) is 0.618. The quantitative estimate of drug-likeness (QED) is 0.745. The van der Waals surface area contributed by atoms with Crippen molar-refractivity contribution in [1.29, 1.82) is 0 Å². The van der Waals surface area contributed by atoms with Crippen LogP contribution in [0.1, 0.15) is 33.9 Å². The van der Waals surface area contributed by atoms with Crippen molar-refractivity contribution >= 4 is 33.4 Å². The van der Waals surface area contributed by atoms with Crippen LogP contribution in [-0.4, -0.2) is 17.9 Å². The SMILES string of the molecule is CN(C(=O)c1ccc(Cl)cc1Br)C1CCc2ccccc21. The number of carbonyl (C=O) groups is 1. The summed E-state index contributed by atoms with van der Waals surface area (Å²) in [4.78, 5) is 14.6. The number of amides is 1. The van der Waals surface area contributed by atoms with E-state index in [1.807, 2.05) is 18.0 Å². The molecule has 0 bridgehead atoms. The molecule has 0 saturated carbocycles. The zero-order chi connectivity index (χ0) is 15.0. The number of nitrogens with zero attached hydrogens (tertiary/aromatic N) is 1. The van der Waals surface area contributed by atoms with Gasteiger partial charge in [0.05, 0.1) is 11.6 Å². The molecule has 0 aliphatic heterocycles. The fourth-order valence-electron chi connectivity index (χ4n) is 2.93. The van der Waals surface area contributed by atoms with Crippen LogP contribution in [0.4, 0.5) is 0 Å². The van der Waals surface area contributed by atoms with Gasteiger partial charge in [-0.25, -0.2) is 0 Å². The van der Waals surface area contributed by atoms with Crippen LogP contribution >= 0.6 is 27.5 Å². The Hall–Kier alpha value is -1.32. The third kappa shape index (κ3) is 2.72. The summed E-state index contributed by atoms with van der Waals surface area (Å²) < 4.78 is 0.734. The van der Waals surface area contributed by atoms with Crippen LogP contribution in [0.5, 0.6) is 0 Å². The summed E-state index contributed by atoms with van der Waals surface area (Å²) in [6.45, 7) is 0. The second-order valence-corrected chi connectivity index (χ2v) is 6.58. The first-order valence-electron chi connectivity index (χ1n) is 6.88. The predicted octanol–water partition coefficient (Wildman–Crippen LogP) is 4.86. The molecule has 4 heteroatoms. The number of rotatable bonds is 2. The highest BCUT2D eigenvalue weighted by molar-refractivity contribution is 9.10. The Kier molecular flexibility index (Phi) is 4.05. The minimum atomic E-state index is 0.0141. The monoisotopic (exact) mass is 363 g/mol. The Bertz CT molecular complexity index is 701. The van der Waals surface area contributed by atoms with E-state index in [-0.39, 0.29) is 11.9 Å². The predicted molar refractivity (Wildman–Crippen MR) is 88.7 cm³/mol. The van der Waals surface area contributed by atoms with Gasteiger partial charge in [0.25, 0.3) is 5.91 Å². The standard InChI is InChI=1S/C17H15BrClNO/c1-20(16-9-6-11-4-2-3-5-13(11)16)17(21)14-8-7-12(19)10-15(14)18/h2-5,7-8,10,16H,6,9H2,1H3. The topological polar surface area (TPSA) is 20.3 Å². The molecule has 1 aliphatic rings. The van der Waals surface area contributed by atoms with E-state index in [1.54, 1.807) is 18.2 Å². The van der Waals surface area contributed by atoms with Crippen LogP contribution in [0.2, 0.25) is 5.02 Å². The van der Waals surface area contributed by atoms with Gasteiger partial charge < -0.3 is 4.90 Å². The maximum atomic E-state index is 12.7. The van der Waals surface area contributed by atoms with Gasteiger partial charge in [-0.2, -0.15) is 0 Å². The number of halogens is 2. The molecule has 1 aliphatic carbocycles. The van der Waals surface area contributed by atoms with Gasteiger partial charge in [0.2, 0.25) is 0 Å². The Labute approximate surface area is 137 Å². The lowest BCUT2D eigenvalue weighted by atomic mass is 10.1. The van der Waals surface area contributed by atoms with Crippen molar-refractivity contribution in [2.24, 2.45) is 0 Å². The van der Waals surface area contributed by atoms with Crippen molar-refractivity contribution in [1.82, 2.24) is 4.90 Å². The Morgan fingerprint density at radius 2 is 2.05 bits per heavy atom. The summed E-state index contributed by atoms with van der Waals surface area (Å²) in [6.07, 6.45) is 2.01. The summed E-state index contributed by atoms with van der Waals surface area (Å²) >= 11 is 9.36. The molecule has 0 aromatic heterocycles. The highest BCUT2D eigenvalue weighted by atomic mass is 79.9. The van der Waals surface area contributed by atoms with Gasteiger partial charge in [-0.1, -0.05) is 35.9 Å². The van der Waals surface area contributed by atoms with Crippen LogP contribution in [0, 0.1) is 0 Å². The van der Waals surface area contributed by atoms with Crippen molar-refractivity contribution in [3.8, 4) is 0 Å². The molecule has 0 fully saturated rings. The number of hydrogen-bond acceptors (Lipinski definition) is 1. The fraction of sp³-hybridized carbons (Fsp3) is 0.235. The van der Waals surface area contributed by atoms with Gasteiger partial charge in [0.15, 0.2) is 0 Å². The van der Waals surface area contributed by atoms with Gasteiger partial charge in [-0.15, -0.1) is 0 Å². The molecule has 0 saturated heterocycles. The molecule has 1 amide bonds. The van der Waals surface area contributed by atoms with Crippen LogP contribution in [0.15, 0.2) is 46.9 Å². The summed E-state index contributed by atoms with van der Waals surface area (Å²) in [7, 11) is 1.87. The second kappa shape index (κ2) is 5.82. The number of hydrogen-bond donors (Lipinski definition) is 0. The fourth-order valence-corrected chi connectivity index (χ4v) is 3.78. The first kappa shape index (κ1) is 14.6. The Morgan fingerprint density at radius 1 is 1.29 bits per heavy atom. The van der Waals surface area contributed by atoms with Crippen LogP contribution in [0.3, 0.4) is 0 Å². The number of fused-ring (bicyclic) bond motifs is 1. The lowest BCUT2D eigenvalue weighted by Gasteiger charge is -2.26. The van der Waals surface area contributed by atoms with E-state index in [2.05, 4.69) is 34.1 Å². The normalized spacial score (nSPS) is 16.6. The minimum Gasteiger partial charge on any atom is -0.335 e. The van der Waals surface area contributed by atoms with Crippen molar-refractivity contribution in [3.63, 3.8) is 0 Å². The van der Waals surface area contributed by atoms with Crippen LogP contribution < -0.4 is 0 Å². The molecule has 3 rings (SSSR count). The van der Waals surface area contributed by atoms with E-state index >= 15 is 0 Å². The molecule has 2 aromatic carbocycles. The van der Waals surface area contributed by atoms with Crippen molar-refractivity contribution in [2.75, 3.05) is 7.05 Å². The van der Waals surface area contributed by atoms with E-state index in [1.165, 1.54) is 11.1 Å². The molecular weight excluding hydrogens is 350 g/mol. The van der Waals surface area contributed by atoms with Gasteiger partial charge in [-0.3, -0.25) is 4.79 Å². The molecule has 21 heavy (non-hydrogen) atoms. The molecule has 1 unspecified atom stereocenters. The van der Waals surface area contributed by atoms with Crippen LogP contribution in [0.25, 0.3) is 0 Å². The molecule has 0 heterocycles. The molecule has 2 aromatic rings. The molecule has 1 atom stereocenters. The highest BCUT2D eigenvalue weighted by Crippen LogP contribution is 2.36. The third-order valence-electron chi connectivity index (χ3n) is 4.05. The van der Waals surface area contributed by atoms with Gasteiger partial charge >= 0.3 is 0 Å². The lowest BCUT2D eigenvalue weighted by molar-refractivity contribution is 0.0729. The van der Waals surface area contributed by atoms with E-state index < -0.39 is 0 Å². The van der Waals surface area contributed by atoms with Crippen LogP contribution in [-0.2, 0) is 6.42 Å². The molecule has 108 valence electrons. The molecule has 0 spiro atoms. The summed E-state index contributed by atoms with van der Waals surface area (Å²) in [5.41, 5.74) is 3.25. The first-order valence-corrected chi connectivity index (χ1v) is 8.05.